The molecular weight excluding hydrogens is 243 g/mol. The van der Waals surface area contributed by atoms with E-state index in [0.717, 1.165) is 11.2 Å². The number of benzene rings is 1. The smallest absolute Gasteiger partial charge is 0.243 e. The first kappa shape index (κ1) is 11.6. The molecular formula is C14H13FN4. The maximum absolute atomic E-state index is 13.5. The summed E-state index contributed by atoms with van der Waals surface area (Å²) in [6, 6.07) is 10.5. The lowest BCUT2D eigenvalue weighted by molar-refractivity contribution is 0.612. The van der Waals surface area contributed by atoms with Gasteiger partial charge in [-0.3, -0.25) is 0 Å². The van der Waals surface area contributed by atoms with Gasteiger partial charge in [-0.15, -0.1) is 5.10 Å². The predicted molar refractivity (Wildman–Crippen MR) is 71.5 cm³/mol. The Morgan fingerprint density at radius 1 is 1.21 bits per heavy atom. The van der Waals surface area contributed by atoms with E-state index in [1.54, 1.807) is 22.7 Å². The van der Waals surface area contributed by atoms with E-state index in [-0.39, 0.29) is 5.82 Å². The van der Waals surface area contributed by atoms with Gasteiger partial charge in [0.2, 0.25) is 5.95 Å². The molecule has 0 atom stereocenters. The zero-order valence-electron chi connectivity index (χ0n) is 10.5. The Kier molecular flexibility index (Phi) is 2.87. The highest BCUT2D eigenvalue weighted by Crippen LogP contribution is 2.10. The van der Waals surface area contributed by atoms with Gasteiger partial charge in [0.05, 0.1) is 0 Å². The van der Waals surface area contributed by atoms with Gasteiger partial charge in [0.1, 0.15) is 5.82 Å². The normalized spacial score (nSPS) is 10.8. The predicted octanol–water partition coefficient (Wildman–Crippen LogP) is 2.79. The fraction of sp³-hybridized carbons (Fsp3) is 0.143. The van der Waals surface area contributed by atoms with Crippen LogP contribution in [0.1, 0.15) is 11.1 Å². The molecule has 1 N–H and O–H groups in total. The summed E-state index contributed by atoms with van der Waals surface area (Å²) in [6.07, 6.45) is 1.90. The maximum atomic E-state index is 13.5. The van der Waals surface area contributed by atoms with Crippen molar-refractivity contribution in [1.82, 2.24) is 14.6 Å². The summed E-state index contributed by atoms with van der Waals surface area (Å²) in [5.41, 5.74) is 2.47. The van der Waals surface area contributed by atoms with E-state index in [0.29, 0.717) is 18.1 Å². The van der Waals surface area contributed by atoms with Gasteiger partial charge in [-0.05, 0) is 24.6 Å². The van der Waals surface area contributed by atoms with Gasteiger partial charge in [0, 0.05) is 18.3 Å². The van der Waals surface area contributed by atoms with Crippen LogP contribution in [0.3, 0.4) is 0 Å². The van der Waals surface area contributed by atoms with Crippen LogP contribution < -0.4 is 5.32 Å². The van der Waals surface area contributed by atoms with Crippen LogP contribution in [0.15, 0.2) is 42.6 Å². The minimum absolute atomic E-state index is 0.227. The Balaban J connectivity index is 1.80. The first-order valence-corrected chi connectivity index (χ1v) is 6.03. The average Bonchev–Trinajstić information content (AvgIpc) is 2.79. The first-order chi connectivity index (χ1) is 9.22. The second kappa shape index (κ2) is 4.68. The Morgan fingerprint density at radius 2 is 2.05 bits per heavy atom. The molecule has 0 bridgehead atoms. The van der Waals surface area contributed by atoms with Crippen LogP contribution >= 0.6 is 0 Å². The summed E-state index contributed by atoms with van der Waals surface area (Å²) in [6.45, 7) is 2.36. The van der Waals surface area contributed by atoms with Gasteiger partial charge >= 0.3 is 0 Å². The fourth-order valence-electron chi connectivity index (χ4n) is 1.88. The lowest BCUT2D eigenvalue weighted by Crippen LogP contribution is -2.03. The standard InChI is InChI=1S/C14H13FN4/c1-10-6-7-13-17-14(18-19(13)9-10)16-8-11-4-2-3-5-12(11)15/h2-7,9H,8H2,1H3,(H,16,18). The molecule has 1 aromatic carbocycles. The molecule has 0 unspecified atom stereocenters. The highest BCUT2D eigenvalue weighted by Gasteiger charge is 2.05. The topological polar surface area (TPSA) is 42.2 Å². The Hall–Kier alpha value is -2.43. The fourth-order valence-corrected chi connectivity index (χ4v) is 1.88. The zero-order chi connectivity index (χ0) is 13.2. The van der Waals surface area contributed by atoms with Crippen molar-refractivity contribution in [3.63, 3.8) is 0 Å². The summed E-state index contributed by atoms with van der Waals surface area (Å²) < 4.78 is 15.2. The Morgan fingerprint density at radius 3 is 2.89 bits per heavy atom. The van der Waals surface area contributed by atoms with Crippen molar-refractivity contribution < 1.29 is 4.39 Å². The third-order valence-corrected chi connectivity index (χ3v) is 2.87. The molecule has 2 aromatic heterocycles. The summed E-state index contributed by atoms with van der Waals surface area (Å²) in [5, 5.41) is 7.32. The molecule has 19 heavy (non-hydrogen) atoms. The van der Waals surface area contributed by atoms with E-state index in [2.05, 4.69) is 15.4 Å². The number of rotatable bonds is 3. The van der Waals surface area contributed by atoms with E-state index in [4.69, 9.17) is 0 Å². The number of anilines is 1. The summed E-state index contributed by atoms with van der Waals surface area (Å²) in [5.74, 6) is 0.267. The van der Waals surface area contributed by atoms with Crippen molar-refractivity contribution in [2.24, 2.45) is 0 Å². The molecule has 3 aromatic rings. The number of nitrogens with one attached hydrogen (secondary N) is 1. The number of halogens is 1. The van der Waals surface area contributed by atoms with Gasteiger partial charge in [-0.25, -0.2) is 8.91 Å². The first-order valence-electron chi connectivity index (χ1n) is 6.03. The van der Waals surface area contributed by atoms with E-state index in [9.17, 15) is 4.39 Å². The van der Waals surface area contributed by atoms with Crippen LogP contribution in [0, 0.1) is 12.7 Å². The highest BCUT2D eigenvalue weighted by molar-refractivity contribution is 5.44. The lowest BCUT2D eigenvalue weighted by Gasteiger charge is -2.02. The van der Waals surface area contributed by atoms with Crippen molar-refractivity contribution in [3.8, 4) is 0 Å². The van der Waals surface area contributed by atoms with Crippen molar-refractivity contribution in [2.75, 3.05) is 5.32 Å². The molecule has 0 spiro atoms. The van der Waals surface area contributed by atoms with Crippen LogP contribution in [0.25, 0.3) is 5.65 Å². The molecule has 5 heteroatoms. The molecule has 0 aliphatic heterocycles. The van der Waals surface area contributed by atoms with E-state index in [1.165, 1.54) is 6.07 Å². The van der Waals surface area contributed by atoms with E-state index >= 15 is 0 Å². The molecule has 0 radical (unpaired) electrons. The van der Waals surface area contributed by atoms with Crippen LogP contribution in [0.5, 0.6) is 0 Å². The van der Waals surface area contributed by atoms with Crippen molar-refractivity contribution in [2.45, 2.75) is 13.5 Å². The summed E-state index contributed by atoms with van der Waals surface area (Å²) in [7, 11) is 0. The molecule has 0 saturated heterocycles. The van der Waals surface area contributed by atoms with Crippen molar-refractivity contribution in [1.29, 1.82) is 0 Å². The molecule has 0 aliphatic rings. The third kappa shape index (κ3) is 2.40. The van der Waals surface area contributed by atoms with Crippen LogP contribution in [-0.4, -0.2) is 14.6 Å². The molecule has 3 rings (SSSR count). The average molecular weight is 256 g/mol. The minimum atomic E-state index is -0.227. The van der Waals surface area contributed by atoms with Crippen LogP contribution in [0.2, 0.25) is 0 Å². The van der Waals surface area contributed by atoms with Gasteiger partial charge in [0.25, 0.3) is 0 Å². The van der Waals surface area contributed by atoms with Gasteiger partial charge in [0.15, 0.2) is 5.65 Å². The number of hydrogen-bond donors (Lipinski definition) is 1. The largest absolute Gasteiger partial charge is 0.349 e. The summed E-state index contributed by atoms with van der Waals surface area (Å²) >= 11 is 0. The van der Waals surface area contributed by atoms with Crippen molar-refractivity contribution >= 4 is 11.6 Å². The zero-order valence-corrected chi connectivity index (χ0v) is 10.5. The Bertz CT molecular complexity index is 720. The minimum Gasteiger partial charge on any atom is -0.349 e. The quantitative estimate of drug-likeness (QED) is 0.783. The highest BCUT2D eigenvalue weighted by atomic mass is 19.1. The molecule has 4 nitrogen and oxygen atoms in total. The molecule has 0 aliphatic carbocycles. The van der Waals surface area contributed by atoms with Crippen LogP contribution in [-0.2, 0) is 6.54 Å². The van der Waals surface area contributed by atoms with Gasteiger partial charge in [-0.2, -0.15) is 4.98 Å². The molecule has 96 valence electrons. The van der Waals surface area contributed by atoms with Crippen molar-refractivity contribution in [3.05, 3.63) is 59.5 Å². The van der Waals surface area contributed by atoms with E-state index < -0.39 is 0 Å². The molecule has 0 saturated carbocycles. The summed E-state index contributed by atoms with van der Waals surface area (Å²) in [4.78, 5) is 4.32. The SMILES string of the molecule is Cc1ccc2nc(NCc3ccccc3F)nn2c1. The number of pyridine rings is 1. The van der Waals surface area contributed by atoms with Gasteiger partial charge < -0.3 is 5.32 Å². The Labute approximate surface area is 109 Å². The van der Waals surface area contributed by atoms with Gasteiger partial charge in [-0.1, -0.05) is 24.3 Å². The monoisotopic (exact) mass is 256 g/mol. The third-order valence-electron chi connectivity index (χ3n) is 2.87. The number of hydrogen-bond acceptors (Lipinski definition) is 3. The number of nitrogens with zero attached hydrogens (tertiary/aromatic N) is 3. The number of aromatic nitrogens is 3. The molecule has 0 fully saturated rings. The molecule has 0 amide bonds. The van der Waals surface area contributed by atoms with E-state index in [1.807, 2.05) is 25.3 Å². The second-order valence-corrected chi connectivity index (χ2v) is 4.39. The molecule has 2 heterocycles. The van der Waals surface area contributed by atoms with Crippen LogP contribution in [0.4, 0.5) is 10.3 Å². The number of aryl methyl sites for hydroxylation is 1. The maximum Gasteiger partial charge on any atom is 0.243 e. The number of fused-ring (bicyclic) bond motifs is 1. The lowest BCUT2D eigenvalue weighted by atomic mass is 10.2. The second-order valence-electron chi connectivity index (χ2n) is 4.39.